The molecule has 0 aliphatic carbocycles. The van der Waals surface area contributed by atoms with Crippen molar-refractivity contribution in [2.45, 2.75) is 19.1 Å². The largest absolute Gasteiger partial charge is 0.416 e. The van der Waals surface area contributed by atoms with Crippen LogP contribution in [0.25, 0.3) is 0 Å². The van der Waals surface area contributed by atoms with Gasteiger partial charge in [0.1, 0.15) is 0 Å². The zero-order chi connectivity index (χ0) is 11.8. The molecule has 1 aromatic carbocycles. The van der Waals surface area contributed by atoms with Crippen LogP contribution in [0.1, 0.15) is 16.7 Å². The Kier molecular flexibility index (Phi) is 2.61. The van der Waals surface area contributed by atoms with Gasteiger partial charge in [0.15, 0.2) is 0 Å². The topological polar surface area (TPSA) is 20.3 Å². The first-order valence-electron chi connectivity index (χ1n) is 4.89. The van der Waals surface area contributed by atoms with Crippen LogP contribution < -0.4 is 0 Å². The first-order valence-corrected chi connectivity index (χ1v) is 4.89. The number of nitrogens with zero attached hydrogens (tertiary/aromatic N) is 1. The molecule has 1 heterocycles. The molecule has 0 fully saturated rings. The Labute approximate surface area is 90.7 Å². The van der Waals surface area contributed by atoms with Crippen LogP contribution in [0, 0.1) is 0 Å². The van der Waals surface area contributed by atoms with E-state index in [-0.39, 0.29) is 0 Å². The van der Waals surface area contributed by atoms with E-state index in [4.69, 9.17) is 0 Å². The second-order valence-electron chi connectivity index (χ2n) is 3.81. The van der Waals surface area contributed by atoms with Gasteiger partial charge in [0, 0.05) is 13.1 Å². The van der Waals surface area contributed by atoms with E-state index < -0.39 is 11.7 Å². The second kappa shape index (κ2) is 3.81. The van der Waals surface area contributed by atoms with E-state index in [9.17, 15) is 18.0 Å². The van der Waals surface area contributed by atoms with Crippen molar-refractivity contribution in [1.82, 2.24) is 4.90 Å². The number of hydrogen-bond acceptors (Lipinski definition) is 1. The molecule has 2 nitrogen and oxygen atoms in total. The Morgan fingerprint density at radius 3 is 2.62 bits per heavy atom. The highest BCUT2D eigenvalue weighted by Crippen LogP contribution is 2.31. The lowest BCUT2D eigenvalue weighted by Gasteiger charge is -2.25. The molecule has 1 aromatic rings. The van der Waals surface area contributed by atoms with Gasteiger partial charge in [-0.15, -0.1) is 0 Å². The Bertz CT molecular complexity index is 414. The number of rotatable bonds is 1. The van der Waals surface area contributed by atoms with Crippen molar-refractivity contribution in [3.8, 4) is 0 Å². The van der Waals surface area contributed by atoms with Gasteiger partial charge in [-0.2, -0.15) is 13.2 Å². The highest BCUT2D eigenvalue weighted by molar-refractivity contribution is 5.49. The maximum absolute atomic E-state index is 12.4. The minimum absolute atomic E-state index is 0.400. The molecule has 86 valence electrons. The summed E-state index contributed by atoms with van der Waals surface area (Å²) in [4.78, 5) is 12.1. The van der Waals surface area contributed by atoms with Crippen molar-refractivity contribution in [3.63, 3.8) is 0 Å². The van der Waals surface area contributed by atoms with E-state index in [2.05, 4.69) is 0 Å². The molecule has 1 aliphatic rings. The Morgan fingerprint density at radius 1 is 1.25 bits per heavy atom. The molecule has 0 atom stereocenters. The molecule has 1 amide bonds. The summed E-state index contributed by atoms with van der Waals surface area (Å²) in [5.74, 6) is 0. The van der Waals surface area contributed by atoms with Gasteiger partial charge in [0.2, 0.25) is 6.41 Å². The average Bonchev–Trinajstić information content (AvgIpc) is 2.26. The molecular formula is C11H10F3NO. The third-order valence-electron chi connectivity index (χ3n) is 2.72. The summed E-state index contributed by atoms with van der Waals surface area (Å²) in [6, 6.07) is 3.69. The van der Waals surface area contributed by atoms with Gasteiger partial charge in [0.25, 0.3) is 0 Å². The van der Waals surface area contributed by atoms with Gasteiger partial charge in [-0.3, -0.25) is 4.79 Å². The fourth-order valence-electron chi connectivity index (χ4n) is 1.84. The predicted molar refractivity (Wildman–Crippen MR) is 51.6 cm³/mol. The Balaban J connectivity index is 2.31. The normalized spacial score (nSPS) is 15.8. The van der Waals surface area contributed by atoms with Crippen molar-refractivity contribution in [3.05, 3.63) is 34.9 Å². The highest BCUT2D eigenvalue weighted by Gasteiger charge is 2.31. The van der Waals surface area contributed by atoms with Crippen molar-refractivity contribution < 1.29 is 18.0 Å². The summed E-state index contributed by atoms with van der Waals surface area (Å²) in [5.41, 5.74) is 0.866. The number of hydrogen-bond donors (Lipinski definition) is 0. The van der Waals surface area contributed by atoms with E-state index in [1.165, 1.54) is 12.1 Å². The fourth-order valence-corrected chi connectivity index (χ4v) is 1.84. The first kappa shape index (κ1) is 11.0. The van der Waals surface area contributed by atoms with Crippen LogP contribution in [0.4, 0.5) is 13.2 Å². The van der Waals surface area contributed by atoms with Gasteiger partial charge in [-0.25, -0.2) is 0 Å². The standard InChI is InChI=1S/C11H10F3NO/c12-11(13,14)10-2-1-9-6-15(7-16)4-3-8(9)5-10/h1-2,5,7H,3-4,6H2. The third-order valence-corrected chi connectivity index (χ3v) is 2.72. The van der Waals surface area contributed by atoms with E-state index in [1.807, 2.05) is 0 Å². The molecule has 2 rings (SSSR count). The first-order chi connectivity index (χ1) is 7.50. The van der Waals surface area contributed by atoms with E-state index >= 15 is 0 Å². The van der Waals surface area contributed by atoms with Gasteiger partial charge in [-0.1, -0.05) is 6.07 Å². The van der Waals surface area contributed by atoms with Crippen LogP contribution in [0.15, 0.2) is 18.2 Å². The number of carbonyl (C=O) groups is 1. The Hall–Kier alpha value is -1.52. The lowest BCUT2D eigenvalue weighted by molar-refractivity contribution is -0.137. The van der Waals surface area contributed by atoms with Gasteiger partial charge < -0.3 is 4.90 Å². The maximum Gasteiger partial charge on any atom is 0.416 e. The Morgan fingerprint density at radius 2 is 2.00 bits per heavy atom. The van der Waals surface area contributed by atoms with Crippen LogP contribution in [0.3, 0.4) is 0 Å². The number of halogens is 3. The quantitative estimate of drug-likeness (QED) is 0.676. The monoisotopic (exact) mass is 229 g/mol. The molecular weight excluding hydrogens is 219 g/mol. The molecule has 0 bridgehead atoms. The molecule has 16 heavy (non-hydrogen) atoms. The molecule has 0 unspecified atom stereocenters. The zero-order valence-corrected chi connectivity index (χ0v) is 8.42. The van der Waals surface area contributed by atoms with Crippen LogP contribution >= 0.6 is 0 Å². The van der Waals surface area contributed by atoms with Crippen molar-refractivity contribution in [1.29, 1.82) is 0 Å². The lowest BCUT2D eigenvalue weighted by atomic mass is 9.97. The summed E-state index contributed by atoms with van der Waals surface area (Å²) in [5, 5.41) is 0. The van der Waals surface area contributed by atoms with E-state index in [1.54, 1.807) is 4.90 Å². The fraction of sp³-hybridized carbons (Fsp3) is 0.364. The van der Waals surface area contributed by atoms with E-state index in [0.717, 1.165) is 18.0 Å². The molecule has 0 aromatic heterocycles. The van der Waals surface area contributed by atoms with Crippen LogP contribution in [0.2, 0.25) is 0 Å². The van der Waals surface area contributed by atoms with Crippen LogP contribution in [-0.4, -0.2) is 17.9 Å². The SMILES string of the molecule is O=CN1CCc2cc(C(F)(F)F)ccc2C1. The lowest BCUT2D eigenvalue weighted by Crippen LogP contribution is -2.29. The van der Waals surface area contributed by atoms with Gasteiger partial charge in [0.05, 0.1) is 5.56 Å². The third kappa shape index (κ3) is 2.03. The van der Waals surface area contributed by atoms with Crippen molar-refractivity contribution >= 4 is 6.41 Å². The summed E-state index contributed by atoms with van der Waals surface area (Å²) in [7, 11) is 0. The minimum Gasteiger partial charge on any atom is -0.341 e. The van der Waals surface area contributed by atoms with Gasteiger partial charge >= 0.3 is 6.18 Å². The molecule has 0 saturated carbocycles. The summed E-state index contributed by atoms with van der Waals surface area (Å²) in [6.07, 6.45) is -3.09. The molecule has 0 N–H and O–H groups in total. The summed E-state index contributed by atoms with van der Waals surface area (Å²) >= 11 is 0. The highest BCUT2D eigenvalue weighted by atomic mass is 19.4. The minimum atomic E-state index is -4.29. The number of alkyl halides is 3. The zero-order valence-electron chi connectivity index (χ0n) is 8.42. The van der Waals surface area contributed by atoms with E-state index in [0.29, 0.717) is 25.1 Å². The molecule has 1 aliphatic heterocycles. The maximum atomic E-state index is 12.4. The van der Waals surface area contributed by atoms with Gasteiger partial charge in [-0.05, 0) is 29.7 Å². The molecule has 0 radical (unpaired) electrons. The van der Waals surface area contributed by atoms with Crippen LogP contribution in [-0.2, 0) is 23.9 Å². The van der Waals surface area contributed by atoms with Crippen LogP contribution in [0.5, 0.6) is 0 Å². The second-order valence-corrected chi connectivity index (χ2v) is 3.81. The van der Waals surface area contributed by atoms with Crippen molar-refractivity contribution in [2.75, 3.05) is 6.54 Å². The molecule has 0 saturated heterocycles. The van der Waals surface area contributed by atoms with Crippen molar-refractivity contribution in [2.24, 2.45) is 0 Å². The number of benzene rings is 1. The average molecular weight is 229 g/mol. The smallest absolute Gasteiger partial charge is 0.341 e. The number of fused-ring (bicyclic) bond motifs is 1. The number of amides is 1. The number of carbonyl (C=O) groups excluding carboxylic acids is 1. The molecule has 5 heteroatoms. The molecule has 0 spiro atoms. The summed E-state index contributed by atoms with van der Waals surface area (Å²) < 4.78 is 37.3. The summed E-state index contributed by atoms with van der Waals surface area (Å²) in [6.45, 7) is 0.884. The predicted octanol–water partition coefficient (Wildman–Crippen LogP) is 2.22.